The van der Waals surface area contributed by atoms with Crippen LogP contribution in [-0.2, 0) is 9.05 Å². The molecule has 1 aromatic rings. The van der Waals surface area contributed by atoms with Gasteiger partial charge in [0.1, 0.15) is 0 Å². The van der Waals surface area contributed by atoms with E-state index in [0.29, 0.717) is 0 Å². The maximum Gasteiger partial charge on any atom is 0.321 e. The highest BCUT2D eigenvalue weighted by atomic mass is 35.7. The van der Waals surface area contributed by atoms with Crippen molar-refractivity contribution in [3.05, 3.63) is 27.8 Å². The Bertz CT molecular complexity index is 582. The summed E-state index contributed by atoms with van der Waals surface area (Å²) >= 11 is 0. The van der Waals surface area contributed by atoms with E-state index in [2.05, 4.69) is 4.74 Å². The average Bonchev–Trinajstić information content (AvgIpc) is 2.25. The predicted molar refractivity (Wildman–Crippen MR) is 58.1 cm³/mol. The molecule has 0 atom stereocenters. The summed E-state index contributed by atoms with van der Waals surface area (Å²) in [5, 5.41) is 10.7. The molecule has 0 spiro atoms. The lowest BCUT2D eigenvalue weighted by molar-refractivity contribution is -0.386. The van der Waals surface area contributed by atoms with E-state index in [9.17, 15) is 23.3 Å². The number of nitro groups is 1. The minimum Gasteiger partial charge on any atom is -0.490 e. The molecule has 0 N–H and O–H groups in total. The lowest BCUT2D eigenvalue weighted by Gasteiger charge is -2.05. The van der Waals surface area contributed by atoms with E-state index in [0.717, 1.165) is 19.2 Å². The Labute approximate surface area is 101 Å². The standard InChI is InChI=1S/C8H6ClNO6S/c1-16-7-3-6(17(9,14)15)2-5(4-11)8(7)10(12)13/h2-4H,1H3. The SMILES string of the molecule is COc1cc(S(=O)(=O)Cl)cc(C=O)c1[N+](=O)[O-]. The quantitative estimate of drug-likeness (QED) is 0.356. The van der Waals surface area contributed by atoms with Gasteiger partial charge in [-0.05, 0) is 6.07 Å². The fraction of sp³-hybridized carbons (Fsp3) is 0.125. The van der Waals surface area contributed by atoms with Gasteiger partial charge in [-0.2, -0.15) is 0 Å². The number of hydrogen-bond donors (Lipinski definition) is 0. The number of rotatable bonds is 4. The van der Waals surface area contributed by atoms with Gasteiger partial charge in [-0.1, -0.05) is 0 Å². The van der Waals surface area contributed by atoms with Gasteiger partial charge in [-0.25, -0.2) is 8.42 Å². The summed E-state index contributed by atoms with van der Waals surface area (Å²) < 4.78 is 26.8. The van der Waals surface area contributed by atoms with Crippen LogP contribution in [0.2, 0.25) is 0 Å². The summed E-state index contributed by atoms with van der Waals surface area (Å²) in [4.78, 5) is 20.1. The molecule has 0 aliphatic carbocycles. The van der Waals surface area contributed by atoms with Gasteiger partial charge in [0.05, 0.1) is 22.5 Å². The number of aldehydes is 1. The molecule has 0 aromatic heterocycles. The third-order valence-electron chi connectivity index (χ3n) is 1.89. The predicted octanol–water partition coefficient (Wildman–Crippen LogP) is 1.34. The molecule has 1 rings (SSSR count). The van der Waals surface area contributed by atoms with Crippen molar-refractivity contribution in [1.29, 1.82) is 0 Å². The Balaban J connectivity index is 3.67. The van der Waals surface area contributed by atoms with E-state index >= 15 is 0 Å². The van der Waals surface area contributed by atoms with Crippen LogP contribution in [0.5, 0.6) is 5.75 Å². The maximum atomic E-state index is 11.1. The molecule has 0 heterocycles. The van der Waals surface area contributed by atoms with E-state index in [1.807, 2.05) is 0 Å². The lowest BCUT2D eigenvalue weighted by Crippen LogP contribution is -2.01. The summed E-state index contributed by atoms with van der Waals surface area (Å²) in [6.07, 6.45) is 0.159. The van der Waals surface area contributed by atoms with Crippen LogP contribution in [-0.4, -0.2) is 26.7 Å². The third-order valence-corrected chi connectivity index (χ3v) is 3.22. The second-order valence-corrected chi connectivity index (χ2v) is 5.44. The van der Waals surface area contributed by atoms with Crippen molar-refractivity contribution in [3.8, 4) is 5.75 Å². The minimum atomic E-state index is -4.10. The highest BCUT2D eigenvalue weighted by Gasteiger charge is 2.25. The van der Waals surface area contributed by atoms with Crippen LogP contribution < -0.4 is 4.74 Å². The minimum absolute atomic E-state index is 0.159. The fourth-order valence-corrected chi connectivity index (χ4v) is 1.97. The average molecular weight is 280 g/mol. The number of carbonyl (C=O) groups excluding carboxylic acids is 1. The van der Waals surface area contributed by atoms with Crippen LogP contribution in [0.4, 0.5) is 5.69 Å². The highest BCUT2D eigenvalue weighted by Crippen LogP contribution is 2.33. The van der Waals surface area contributed by atoms with Crippen molar-refractivity contribution < 1.29 is 22.9 Å². The largest absolute Gasteiger partial charge is 0.490 e. The van der Waals surface area contributed by atoms with Crippen LogP contribution >= 0.6 is 10.7 Å². The fourth-order valence-electron chi connectivity index (χ4n) is 1.18. The number of carbonyl (C=O) groups is 1. The molecule has 0 amide bonds. The molecular formula is C8H6ClNO6S. The number of hydrogen-bond acceptors (Lipinski definition) is 6. The molecule has 0 saturated carbocycles. The Hall–Kier alpha value is -1.67. The molecule has 92 valence electrons. The molecule has 17 heavy (non-hydrogen) atoms. The van der Waals surface area contributed by atoms with Crippen LogP contribution in [0.15, 0.2) is 17.0 Å². The number of nitro benzene ring substituents is 1. The van der Waals surface area contributed by atoms with Crippen molar-refractivity contribution in [1.82, 2.24) is 0 Å². The third kappa shape index (κ3) is 2.71. The first kappa shape index (κ1) is 13.4. The molecular weight excluding hydrogens is 274 g/mol. The van der Waals surface area contributed by atoms with Crippen LogP contribution in [0.1, 0.15) is 10.4 Å². The van der Waals surface area contributed by atoms with Crippen molar-refractivity contribution in [3.63, 3.8) is 0 Å². The van der Waals surface area contributed by atoms with E-state index in [-0.39, 0.29) is 12.0 Å². The topological polar surface area (TPSA) is 104 Å². The zero-order valence-electron chi connectivity index (χ0n) is 8.41. The van der Waals surface area contributed by atoms with Crippen LogP contribution in [0.3, 0.4) is 0 Å². The van der Waals surface area contributed by atoms with Gasteiger partial charge in [-0.3, -0.25) is 14.9 Å². The van der Waals surface area contributed by atoms with Gasteiger partial charge in [0.25, 0.3) is 9.05 Å². The second-order valence-electron chi connectivity index (χ2n) is 2.88. The highest BCUT2D eigenvalue weighted by molar-refractivity contribution is 8.13. The monoisotopic (exact) mass is 279 g/mol. The van der Waals surface area contributed by atoms with Gasteiger partial charge < -0.3 is 4.74 Å². The van der Waals surface area contributed by atoms with Gasteiger partial charge in [0.2, 0.25) is 0 Å². The molecule has 0 aliphatic rings. The van der Waals surface area contributed by atoms with E-state index in [1.165, 1.54) is 0 Å². The van der Waals surface area contributed by atoms with Gasteiger partial charge in [0.15, 0.2) is 12.0 Å². The number of halogens is 1. The second kappa shape index (κ2) is 4.68. The first-order valence-corrected chi connectivity index (χ1v) is 6.38. The summed E-state index contributed by atoms with van der Waals surface area (Å²) in [5.41, 5.74) is -1.03. The molecule has 0 unspecified atom stereocenters. The summed E-state index contributed by atoms with van der Waals surface area (Å²) in [5.74, 6) is -0.348. The summed E-state index contributed by atoms with van der Waals surface area (Å²) in [6.45, 7) is 0. The van der Waals surface area contributed by atoms with Gasteiger partial charge in [0, 0.05) is 16.7 Å². The molecule has 0 saturated heterocycles. The maximum absolute atomic E-state index is 11.1. The van der Waals surface area contributed by atoms with Crippen LogP contribution in [0.25, 0.3) is 0 Å². The summed E-state index contributed by atoms with van der Waals surface area (Å²) in [7, 11) is 2.09. The molecule has 1 aromatic carbocycles. The normalized spacial score (nSPS) is 10.9. The number of benzene rings is 1. The lowest BCUT2D eigenvalue weighted by atomic mass is 10.2. The number of nitrogens with zero attached hydrogens (tertiary/aromatic N) is 1. The Morgan fingerprint density at radius 1 is 1.47 bits per heavy atom. The zero-order chi connectivity index (χ0) is 13.2. The van der Waals surface area contributed by atoms with Gasteiger partial charge in [-0.15, -0.1) is 0 Å². The Morgan fingerprint density at radius 2 is 2.06 bits per heavy atom. The van der Waals surface area contributed by atoms with Crippen molar-refractivity contribution in [2.24, 2.45) is 0 Å². The first-order chi connectivity index (χ1) is 7.81. The molecule has 9 heteroatoms. The van der Waals surface area contributed by atoms with Crippen LogP contribution in [0, 0.1) is 10.1 Å². The Morgan fingerprint density at radius 3 is 2.41 bits per heavy atom. The molecule has 0 radical (unpaired) electrons. The number of methoxy groups -OCH3 is 1. The smallest absolute Gasteiger partial charge is 0.321 e. The van der Waals surface area contributed by atoms with Crippen molar-refractivity contribution >= 4 is 31.7 Å². The van der Waals surface area contributed by atoms with Gasteiger partial charge >= 0.3 is 5.69 Å². The molecule has 0 aliphatic heterocycles. The summed E-state index contributed by atoms with van der Waals surface area (Å²) in [6, 6.07) is 1.70. The molecule has 7 nitrogen and oxygen atoms in total. The zero-order valence-corrected chi connectivity index (χ0v) is 9.99. The molecule has 0 bridgehead atoms. The van der Waals surface area contributed by atoms with E-state index in [4.69, 9.17) is 10.7 Å². The molecule has 0 fully saturated rings. The Kier molecular flexibility index (Phi) is 3.69. The van der Waals surface area contributed by atoms with E-state index in [1.54, 1.807) is 0 Å². The van der Waals surface area contributed by atoms with Crippen molar-refractivity contribution in [2.45, 2.75) is 4.90 Å². The van der Waals surface area contributed by atoms with E-state index < -0.39 is 30.1 Å². The first-order valence-electron chi connectivity index (χ1n) is 4.07. The van der Waals surface area contributed by atoms with Crippen molar-refractivity contribution in [2.75, 3.05) is 7.11 Å². The number of ether oxygens (including phenoxy) is 1.